The molecule has 0 atom stereocenters. The van der Waals surface area contributed by atoms with Crippen molar-refractivity contribution in [1.82, 2.24) is 15.3 Å². The normalized spacial score (nSPS) is 11.6. The Morgan fingerprint density at radius 3 is 2.23 bits per heavy atom. The average molecular weight is 534 g/mol. The van der Waals surface area contributed by atoms with Crippen LogP contribution in [0.1, 0.15) is 57.6 Å². The molecule has 9 nitrogen and oxygen atoms in total. The number of aromatic nitrogens is 2. The Bertz CT molecular complexity index is 1480. The van der Waals surface area contributed by atoms with Crippen LogP contribution in [0.2, 0.25) is 0 Å². The van der Waals surface area contributed by atoms with Crippen molar-refractivity contribution in [3.05, 3.63) is 59.9 Å². The molecule has 1 amide bonds. The third-order valence-corrected chi connectivity index (χ3v) is 6.24. The fourth-order valence-corrected chi connectivity index (χ4v) is 4.43. The molecule has 0 radical (unpaired) electrons. The molecule has 4 aromatic rings. The molecule has 2 aromatic carbocycles. The number of carbonyl (C=O) groups excluding carboxylic acids is 3. The number of esters is 2. The first-order chi connectivity index (χ1) is 18.6. The third kappa shape index (κ3) is 7.86. The highest BCUT2D eigenvalue weighted by Gasteiger charge is 2.17. The quantitative estimate of drug-likeness (QED) is 0.157. The number of aromatic amines is 2. The summed E-state index contributed by atoms with van der Waals surface area (Å²) in [5.41, 5.74) is 3.24. The number of hydrogen-bond donors (Lipinski definition) is 4. The first kappa shape index (κ1) is 27.8. The summed E-state index contributed by atoms with van der Waals surface area (Å²) >= 11 is 0. The van der Waals surface area contributed by atoms with Crippen LogP contribution in [0.5, 0.6) is 11.5 Å². The van der Waals surface area contributed by atoms with Crippen molar-refractivity contribution in [3.63, 3.8) is 0 Å². The molecule has 0 aliphatic rings. The van der Waals surface area contributed by atoms with Crippen LogP contribution in [-0.2, 0) is 32.0 Å². The molecule has 2 aromatic heterocycles. The second-order valence-electron chi connectivity index (χ2n) is 10.6. The van der Waals surface area contributed by atoms with Gasteiger partial charge in [-0.2, -0.15) is 0 Å². The van der Waals surface area contributed by atoms with Gasteiger partial charge in [0.1, 0.15) is 17.1 Å². The van der Waals surface area contributed by atoms with E-state index in [9.17, 15) is 19.5 Å². The van der Waals surface area contributed by atoms with Crippen molar-refractivity contribution < 1.29 is 29.0 Å². The molecule has 0 aliphatic heterocycles. The fourth-order valence-electron chi connectivity index (χ4n) is 4.43. The van der Waals surface area contributed by atoms with Crippen molar-refractivity contribution in [3.8, 4) is 11.5 Å². The van der Waals surface area contributed by atoms with Crippen molar-refractivity contribution >= 4 is 39.7 Å². The van der Waals surface area contributed by atoms with Crippen molar-refractivity contribution in [2.75, 3.05) is 6.54 Å². The van der Waals surface area contributed by atoms with Crippen molar-refractivity contribution in [1.29, 1.82) is 0 Å². The lowest BCUT2D eigenvalue weighted by molar-refractivity contribution is -0.154. The number of fused-ring (bicyclic) bond motifs is 2. The smallest absolute Gasteiger partial charge is 0.311 e. The van der Waals surface area contributed by atoms with Gasteiger partial charge in [-0.25, -0.2) is 0 Å². The Labute approximate surface area is 226 Å². The second kappa shape index (κ2) is 12.1. The lowest BCUT2D eigenvalue weighted by atomic mass is 10.1. The molecule has 9 heteroatoms. The number of aryl methyl sites for hydroxylation is 1. The molecule has 4 rings (SSSR count). The SMILES string of the molecule is CC(C)(C)OC(=O)CCc1c[nH]c2ccc(OC(=O)CCCC(=O)NCCc3c[nH]c4ccc(O)cc34)cc12. The minimum absolute atomic E-state index is 0.117. The summed E-state index contributed by atoms with van der Waals surface area (Å²) in [6.45, 7) is 5.97. The first-order valence-corrected chi connectivity index (χ1v) is 13.2. The average Bonchev–Trinajstić information content (AvgIpc) is 3.45. The minimum atomic E-state index is -0.525. The zero-order chi connectivity index (χ0) is 28.0. The van der Waals surface area contributed by atoms with Gasteiger partial charge in [0, 0.05) is 60.0 Å². The summed E-state index contributed by atoms with van der Waals surface area (Å²) in [6, 6.07) is 10.5. The predicted molar refractivity (Wildman–Crippen MR) is 149 cm³/mol. The van der Waals surface area contributed by atoms with Crippen LogP contribution in [0.25, 0.3) is 21.8 Å². The highest BCUT2D eigenvalue weighted by molar-refractivity contribution is 5.86. The number of carbonyl (C=O) groups is 3. The van der Waals surface area contributed by atoms with Crippen LogP contribution in [0.4, 0.5) is 0 Å². The van der Waals surface area contributed by atoms with Crippen LogP contribution in [-0.4, -0.2) is 45.1 Å². The topological polar surface area (TPSA) is 134 Å². The van der Waals surface area contributed by atoms with E-state index in [2.05, 4.69) is 15.3 Å². The lowest BCUT2D eigenvalue weighted by Gasteiger charge is -2.19. The predicted octanol–water partition coefficient (Wildman–Crippen LogP) is 5.06. The van der Waals surface area contributed by atoms with E-state index in [-0.39, 0.29) is 36.9 Å². The van der Waals surface area contributed by atoms with E-state index < -0.39 is 11.6 Å². The Hall–Kier alpha value is -4.27. The van der Waals surface area contributed by atoms with Gasteiger partial charge in [0.2, 0.25) is 5.91 Å². The van der Waals surface area contributed by atoms with Gasteiger partial charge in [0.25, 0.3) is 0 Å². The number of amides is 1. The zero-order valence-corrected chi connectivity index (χ0v) is 22.6. The molecular weight excluding hydrogens is 498 g/mol. The largest absolute Gasteiger partial charge is 0.508 e. The van der Waals surface area contributed by atoms with Gasteiger partial charge < -0.3 is 29.9 Å². The molecule has 2 heterocycles. The van der Waals surface area contributed by atoms with Gasteiger partial charge in [0.15, 0.2) is 0 Å². The standard InChI is InChI=1S/C30H35N3O6/c1-30(2,3)39-29(37)12-7-19-17-32-26-11-9-22(16-24(19)26)38-28(36)6-4-5-27(35)31-14-13-20-18-33-25-10-8-21(34)15-23(20)25/h8-11,15-18,32-34H,4-7,12-14H2,1-3H3,(H,31,35). The van der Waals surface area contributed by atoms with E-state index in [1.165, 1.54) is 0 Å². The maximum absolute atomic E-state index is 12.4. The number of phenols is 1. The van der Waals surface area contributed by atoms with E-state index in [0.717, 1.165) is 32.9 Å². The summed E-state index contributed by atoms with van der Waals surface area (Å²) in [5.74, 6) is -0.187. The van der Waals surface area contributed by atoms with E-state index in [4.69, 9.17) is 9.47 Å². The molecule has 0 saturated carbocycles. The summed E-state index contributed by atoms with van der Waals surface area (Å²) < 4.78 is 10.9. The lowest BCUT2D eigenvalue weighted by Crippen LogP contribution is -2.25. The number of ether oxygens (including phenoxy) is 2. The summed E-state index contributed by atoms with van der Waals surface area (Å²) in [5, 5.41) is 14.4. The molecule has 206 valence electrons. The molecule has 4 N–H and O–H groups in total. The molecule has 0 spiro atoms. The van der Waals surface area contributed by atoms with Gasteiger partial charge in [-0.3, -0.25) is 14.4 Å². The van der Waals surface area contributed by atoms with Crippen molar-refractivity contribution in [2.24, 2.45) is 0 Å². The number of phenolic OH excluding ortho intramolecular Hbond substituents is 1. The Kier molecular flexibility index (Phi) is 8.59. The van der Waals surface area contributed by atoms with Gasteiger partial charge in [-0.1, -0.05) is 0 Å². The van der Waals surface area contributed by atoms with Crippen LogP contribution >= 0.6 is 0 Å². The molecule has 0 saturated heterocycles. The number of H-pyrrole nitrogens is 2. The fraction of sp³-hybridized carbons (Fsp3) is 0.367. The molecule has 0 aliphatic carbocycles. The van der Waals surface area contributed by atoms with Gasteiger partial charge >= 0.3 is 11.9 Å². The minimum Gasteiger partial charge on any atom is -0.508 e. The Morgan fingerprint density at radius 2 is 1.51 bits per heavy atom. The molecule has 39 heavy (non-hydrogen) atoms. The monoisotopic (exact) mass is 533 g/mol. The summed E-state index contributed by atoms with van der Waals surface area (Å²) in [7, 11) is 0. The van der Waals surface area contributed by atoms with Crippen LogP contribution in [0.15, 0.2) is 48.8 Å². The summed E-state index contributed by atoms with van der Waals surface area (Å²) in [4.78, 5) is 43.0. The van der Waals surface area contributed by atoms with Crippen LogP contribution < -0.4 is 10.1 Å². The maximum atomic E-state index is 12.4. The third-order valence-electron chi connectivity index (χ3n) is 6.24. The molecule has 0 unspecified atom stereocenters. The van der Waals surface area contributed by atoms with Crippen LogP contribution in [0.3, 0.4) is 0 Å². The number of rotatable bonds is 11. The number of benzene rings is 2. The van der Waals surface area contributed by atoms with Crippen molar-refractivity contribution in [2.45, 2.75) is 64.9 Å². The molecule has 0 bridgehead atoms. The number of nitrogens with one attached hydrogen (secondary N) is 3. The van der Waals surface area contributed by atoms with E-state index in [0.29, 0.717) is 31.6 Å². The second-order valence-corrected chi connectivity index (χ2v) is 10.6. The van der Waals surface area contributed by atoms with Gasteiger partial charge in [0.05, 0.1) is 0 Å². The van der Waals surface area contributed by atoms with Gasteiger partial charge in [-0.05, 0) is 87.6 Å². The van der Waals surface area contributed by atoms with E-state index >= 15 is 0 Å². The van der Waals surface area contributed by atoms with E-state index in [1.54, 1.807) is 24.3 Å². The first-order valence-electron chi connectivity index (χ1n) is 13.2. The maximum Gasteiger partial charge on any atom is 0.311 e. The Morgan fingerprint density at radius 1 is 0.846 bits per heavy atom. The van der Waals surface area contributed by atoms with E-state index in [1.807, 2.05) is 45.3 Å². The highest BCUT2D eigenvalue weighted by atomic mass is 16.6. The highest BCUT2D eigenvalue weighted by Crippen LogP contribution is 2.26. The molecular formula is C30H35N3O6. The number of hydrogen-bond acceptors (Lipinski definition) is 6. The number of aromatic hydroxyl groups is 1. The Balaban J connectivity index is 1.20. The van der Waals surface area contributed by atoms with Crippen LogP contribution in [0, 0.1) is 0 Å². The summed E-state index contributed by atoms with van der Waals surface area (Å²) in [6.07, 6.45) is 5.81. The zero-order valence-electron chi connectivity index (χ0n) is 22.6. The molecule has 0 fully saturated rings. The van der Waals surface area contributed by atoms with Gasteiger partial charge in [-0.15, -0.1) is 0 Å².